The Bertz CT molecular complexity index is 2410. The smallest absolute Gasteiger partial charge is 0.205 e. The third kappa shape index (κ3) is 5.63. The average Bonchev–Trinajstić information content (AvgIpc) is 3.64. The molecule has 0 saturated heterocycles. The number of benzene rings is 8. The van der Waals surface area contributed by atoms with Gasteiger partial charge in [0.1, 0.15) is 5.58 Å². The maximum absolute atomic E-state index is 6.61. The van der Waals surface area contributed by atoms with Crippen molar-refractivity contribution in [3.63, 3.8) is 0 Å². The average molecular weight is 640 g/mol. The highest BCUT2D eigenvalue weighted by Gasteiger charge is 2.18. The molecule has 0 aliphatic rings. The monoisotopic (exact) mass is 639 g/mol. The lowest BCUT2D eigenvalue weighted by Gasteiger charge is -2.23. The van der Waals surface area contributed by atoms with Gasteiger partial charge >= 0.3 is 0 Å². The Balaban J connectivity index is 1.07. The van der Waals surface area contributed by atoms with E-state index < -0.39 is 0 Å². The summed E-state index contributed by atoms with van der Waals surface area (Å²) < 4.78 is 6.61. The molecular weight excluding hydrogens is 607 g/mol. The van der Waals surface area contributed by atoms with Crippen LogP contribution in [-0.2, 0) is 0 Å². The van der Waals surface area contributed by atoms with Crippen LogP contribution in [0.3, 0.4) is 0 Å². The van der Waals surface area contributed by atoms with Crippen LogP contribution < -0.4 is 4.90 Å². The van der Waals surface area contributed by atoms with Crippen LogP contribution in [0.5, 0.6) is 0 Å². The number of furan rings is 1. The van der Waals surface area contributed by atoms with Gasteiger partial charge in [-0.05, 0) is 85.6 Å². The van der Waals surface area contributed by atoms with Crippen molar-refractivity contribution in [3.8, 4) is 44.5 Å². The van der Waals surface area contributed by atoms with Crippen molar-refractivity contribution < 1.29 is 4.42 Å². The zero-order valence-electron chi connectivity index (χ0n) is 27.4. The van der Waals surface area contributed by atoms with Crippen LogP contribution >= 0.6 is 0 Å². The van der Waals surface area contributed by atoms with Crippen molar-refractivity contribution in [2.75, 3.05) is 4.90 Å². The summed E-state index contributed by atoms with van der Waals surface area (Å²) in [7, 11) is 0. The predicted octanol–water partition coefficient (Wildman–Crippen LogP) is 13.7. The zero-order valence-corrected chi connectivity index (χ0v) is 27.4. The van der Waals surface area contributed by atoms with Crippen LogP contribution in [0, 0.1) is 0 Å². The lowest BCUT2D eigenvalue weighted by Crippen LogP contribution is -2.08. The second-order valence-electron chi connectivity index (χ2n) is 12.6. The van der Waals surface area contributed by atoms with E-state index in [2.05, 4.69) is 205 Å². The highest BCUT2D eigenvalue weighted by Crippen LogP contribution is 2.41. The first-order valence-corrected chi connectivity index (χ1v) is 17.0. The SMILES string of the molecule is c1ccc(-c2ccc(-c3ccc(N(c4ccc(-c5ccc(-c6ccccc6)cc5)cc4)c4cc5c(ccc6ccccc65)o4)cc3)cc2)cc1. The fourth-order valence-corrected chi connectivity index (χ4v) is 6.87. The Morgan fingerprint density at radius 1 is 0.300 bits per heavy atom. The van der Waals surface area contributed by atoms with E-state index in [0.29, 0.717) is 0 Å². The van der Waals surface area contributed by atoms with Crippen molar-refractivity contribution in [2.45, 2.75) is 0 Å². The summed E-state index contributed by atoms with van der Waals surface area (Å²) in [5, 5.41) is 3.49. The molecule has 9 rings (SSSR count). The fraction of sp³-hybridized carbons (Fsp3) is 0. The molecule has 0 saturated carbocycles. The van der Waals surface area contributed by atoms with Crippen LogP contribution in [0.25, 0.3) is 66.2 Å². The predicted molar refractivity (Wildman–Crippen MR) is 210 cm³/mol. The van der Waals surface area contributed by atoms with Gasteiger partial charge in [0.15, 0.2) is 0 Å². The van der Waals surface area contributed by atoms with Crippen molar-refractivity contribution >= 4 is 39.0 Å². The minimum absolute atomic E-state index is 0.774. The van der Waals surface area contributed by atoms with E-state index in [4.69, 9.17) is 4.42 Å². The van der Waals surface area contributed by atoms with Gasteiger partial charge in [0.25, 0.3) is 0 Å². The Hall–Kier alpha value is -6.64. The summed E-state index contributed by atoms with van der Waals surface area (Å²) in [6.07, 6.45) is 0. The molecular formula is C48H33NO. The third-order valence-electron chi connectivity index (χ3n) is 9.54. The summed E-state index contributed by atoms with van der Waals surface area (Å²) >= 11 is 0. The molecule has 1 aromatic heterocycles. The molecule has 0 atom stereocenters. The number of rotatable bonds is 7. The first kappa shape index (κ1) is 29.5. The summed E-state index contributed by atoms with van der Waals surface area (Å²) in [4.78, 5) is 2.21. The van der Waals surface area contributed by atoms with Gasteiger partial charge in [0.2, 0.25) is 5.88 Å². The second-order valence-corrected chi connectivity index (χ2v) is 12.6. The standard InChI is InChI=1S/C48H33NO/c1-3-9-34(10-4-1)36-15-19-38(20-16-36)40-23-28-43(29-24-40)49(48-33-46-45-14-8-7-13-42(45)27-32-47(46)50-48)44-30-25-41(26-31-44)39-21-17-37(18-22-39)35-11-5-2-6-12-35/h1-33H. The maximum Gasteiger partial charge on any atom is 0.205 e. The van der Waals surface area contributed by atoms with Gasteiger partial charge in [-0.15, -0.1) is 0 Å². The fourth-order valence-electron chi connectivity index (χ4n) is 6.87. The molecule has 0 radical (unpaired) electrons. The van der Waals surface area contributed by atoms with Crippen LogP contribution in [-0.4, -0.2) is 0 Å². The number of fused-ring (bicyclic) bond motifs is 3. The van der Waals surface area contributed by atoms with Gasteiger partial charge in [0.05, 0.1) is 0 Å². The molecule has 0 bridgehead atoms. The Morgan fingerprint density at radius 2 is 0.680 bits per heavy atom. The van der Waals surface area contributed by atoms with E-state index in [0.717, 1.165) is 28.2 Å². The lowest BCUT2D eigenvalue weighted by molar-refractivity contribution is 0.621. The molecule has 1 heterocycles. The lowest BCUT2D eigenvalue weighted by atomic mass is 9.99. The van der Waals surface area contributed by atoms with Crippen LogP contribution in [0.15, 0.2) is 205 Å². The van der Waals surface area contributed by atoms with E-state index in [1.165, 1.54) is 55.3 Å². The van der Waals surface area contributed by atoms with Crippen molar-refractivity contribution in [2.24, 2.45) is 0 Å². The highest BCUT2D eigenvalue weighted by molar-refractivity contribution is 6.07. The Kier molecular flexibility index (Phi) is 7.53. The van der Waals surface area contributed by atoms with Crippen LogP contribution in [0.4, 0.5) is 17.3 Å². The maximum atomic E-state index is 6.61. The minimum atomic E-state index is 0.774. The van der Waals surface area contributed by atoms with E-state index in [9.17, 15) is 0 Å². The quantitative estimate of drug-likeness (QED) is 0.173. The number of hydrogen-bond donors (Lipinski definition) is 0. The number of nitrogens with zero attached hydrogens (tertiary/aromatic N) is 1. The van der Waals surface area contributed by atoms with E-state index >= 15 is 0 Å². The molecule has 0 aliphatic carbocycles. The van der Waals surface area contributed by atoms with E-state index in [1.807, 2.05) is 0 Å². The summed E-state index contributed by atoms with van der Waals surface area (Å²) in [5.41, 5.74) is 12.5. The van der Waals surface area contributed by atoms with E-state index in [1.54, 1.807) is 0 Å². The van der Waals surface area contributed by atoms with Crippen LogP contribution in [0.1, 0.15) is 0 Å². The summed E-state index contributed by atoms with van der Waals surface area (Å²) in [6.45, 7) is 0. The number of hydrogen-bond acceptors (Lipinski definition) is 2. The molecule has 2 nitrogen and oxygen atoms in total. The van der Waals surface area contributed by atoms with Gasteiger partial charge in [-0.2, -0.15) is 0 Å². The molecule has 8 aromatic carbocycles. The Morgan fingerprint density at radius 3 is 1.14 bits per heavy atom. The molecule has 0 amide bonds. The molecule has 0 aliphatic heterocycles. The largest absolute Gasteiger partial charge is 0.440 e. The summed E-state index contributed by atoms with van der Waals surface area (Å²) in [5.74, 6) is 0.774. The normalized spacial score (nSPS) is 11.2. The first-order valence-electron chi connectivity index (χ1n) is 17.0. The van der Waals surface area contributed by atoms with Gasteiger partial charge in [-0.3, -0.25) is 4.90 Å². The van der Waals surface area contributed by atoms with Crippen molar-refractivity contribution in [1.82, 2.24) is 0 Å². The Labute approximate surface area is 292 Å². The minimum Gasteiger partial charge on any atom is -0.440 e. The van der Waals surface area contributed by atoms with E-state index in [-0.39, 0.29) is 0 Å². The van der Waals surface area contributed by atoms with Gasteiger partial charge in [0, 0.05) is 22.8 Å². The zero-order chi connectivity index (χ0) is 33.3. The highest BCUT2D eigenvalue weighted by atomic mass is 16.4. The molecule has 0 N–H and O–H groups in total. The number of anilines is 3. The first-order chi connectivity index (χ1) is 24.8. The van der Waals surface area contributed by atoms with Gasteiger partial charge in [-0.1, -0.05) is 164 Å². The molecule has 2 heteroatoms. The molecule has 0 unspecified atom stereocenters. The molecule has 9 aromatic rings. The molecule has 50 heavy (non-hydrogen) atoms. The molecule has 0 fully saturated rings. The molecule has 236 valence electrons. The van der Waals surface area contributed by atoms with Gasteiger partial charge in [-0.25, -0.2) is 0 Å². The molecule has 0 spiro atoms. The summed E-state index contributed by atoms with van der Waals surface area (Å²) in [6, 6.07) is 70.9. The topological polar surface area (TPSA) is 16.4 Å². The third-order valence-corrected chi connectivity index (χ3v) is 9.54. The van der Waals surface area contributed by atoms with Crippen LogP contribution in [0.2, 0.25) is 0 Å². The van der Waals surface area contributed by atoms with Crippen molar-refractivity contribution in [3.05, 3.63) is 200 Å². The van der Waals surface area contributed by atoms with Crippen molar-refractivity contribution in [1.29, 1.82) is 0 Å². The van der Waals surface area contributed by atoms with Gasteiger partial charge < -0.3 is 4.42 Å². The second kappa shape index (κ2) is 12.8.